The summed E-state index contributed by atoms with van der Waals surface area (Å²) in [6.07, 6.45) is 1.93. The molecule has 0 radical (unpaired) electrons. The predicted octanol–water partition coefficient (Wildman–Crippen LogP) is 2.53. The van der Waals surface area contributed by atoms with E-state index in [1.807, 2.05) is 45.4 Å². The van der Waals surface area contributed by atoms with Gasteiger partial charge in [-0.2, -0.15) is 0 Å². The molecule has 30 heavy (non-hydrogen) atoms. The van der Waals surface area contributed by atoms with Crippen LogP contribution in [0.15, 0.2) is 11.2 Å². The summed E-state index contributed by atoms with van der Waals surface area (Å²) in [7, 11) is 3.34. The molecule has 2 rings (SSSR count). The summed E-state index contributed by atoms with van der Waals surface area (Å²) in [5, 5.41) is 3.57. The molecule has 2 heterocycles. The van der Waals surface area contributed by atoms with Crippen LogP contribution in [-0.4, -0.2) is 78.6 Å². The van der Waals surface area contributed by atoms with Gasteiger partial charge in [-0.15, -0.1) is 0 Å². The molecule has 8 nitrogen and oxygen atoms in total. The Bertz CT molecular complexity index is 782. The van der Waals surface area contributed by atoms with Crippen LogP contribution in [0.2, 0.25) is 0 Å². The van der Waals surface area contributed by atoms with Gasteiger partial charge in [0.2, 0.25) is 5.91 Å². The van der Waals surface area contributed by atoms with Crippen LogP contribution < -0.4 is 10.2 Å². The van der Waals surface area contributed by atoms with Gasteiger partial charge in [0.25, 0.3) is 5.91 Å². The molecule has 0 aromatic carbocycles. The lowest BCUT2D eigenvalue weighted by Gasteiger charge is -2.30. The Morgan fingerprint density at radius 1 is 1.27 bits per heavy atom. The average molecular weight is 438 g/mol. The number of carbonyl (C=O) groups excluding carboxylic acids is 2. The van der Waals surface area contributed by atoms with Crippen molar-refractivity contribution in [2.45, 2.75) is 46.7 Å². The zero-order chi connectivity index (χ0) is 22.4. The Hall–Kier alpha value is -2.00. The highest BCUT2D eigenvalue weighted by molar-refractivity contribution is 8.14. The van der Waals surface area contributed by atoms with Crippen molar-refractivity contribution in [2.24, 2.45) is 4.99 Å². The molecule has 1 aromatic heterocycles. The molecule has 1 aliphatic heterocycles. The van der Waals surface area contributed by atoms with Crippen molar-refractivity contribution < 1.29 is 14.3 Å². The van der Waals surface area contributed by atoms with Crippen LogP contribution in [0.1, 0.15) is 49.8 Å². The molecular weight excluding hydrogens is 402 g/mol. The van der Waals surface area contributed by atoms with Gasteiger partial charge in [0.05, 0.1) is 24.7 Å². The molecule has 1 fully saturated rings. The first-order valence-electron chi connectivity index (χ1n) is 10.4. The number of amides is 2. The van der Waals surface area contributed by atoms with Crippen LogP contribution in [0.3, 0.4) is 0 Å². The molecule has 0 unspecified atom stereocenters. The van der Waals surface area contributed by atoms with E-state index in [-0.39, 0.29) is 29.7 Å². The number of morpholine rings is 1. The van der Waals surface area contributed by atoms with Crippen molar-refractivity contribution in [1.29, 1.82) is 0 Å². The van der Waals surface area contributed by atoms with E-state index in [2.05, 4.69) is 10.2 Å². The first kappa shape index (κ1) is 24.3. The maximum atomic E-state index is 13.1. The number of thioether (sulfide) groups is 1. The molecule has 2 amide bonds. The first-order chi connectivity index (χ1) is 14.2. The van der Waals surface area contributed by atoms with E-state index < -0.39 is 0 Å². The van der Waals surface area contributed by atoms with E-state index in [1.165, 1.54) is 11.8 Å². The van der Waals surface area contributed by atoms with Gasteiger partial charge in [-0.25, -0.2) is 0 Å². The van der Waals surface area contributed by atoms with E-state index in [9.17, 15) is 9.59 Å². The normalized spacial score (nSPS) is 15.1. The lowest BCUT2D eigenvalue weighted by Crippen LogP contribution is -2.40. The summed E-state index contributed by atoms with van der Waals surface area (Å²) in [4.78, 5) is 34.2. The zero-order valence-corrected chi connectivity index (χ0v) is 20.0. The Balaban J connectivity index is 2.21. The van der Waals surface area contributed by atoms with E-state index in [0.717, 1.165) is 23.8 Å². The van der Waals surface area contributed by atoms with E-state index in [0.29, 0.717) is 24.6 Å². The third kappa shape index (κ3) is 5.78. The number of aliphatic imine (C=N–C) groups is 1. The molecule has 0 atom stereocenters. The average Bonchev–Trinajstić information content (AvgIpc) is 3.07. The van der Waals surface area contributed by atoms with Gasteiger partial charge in [0.15, 0.2) is 5.17 Å². The molecule has 1 aliphatic rings. The van der Waals surface area contributed by atoms with E-state index >= 15 is 0 Å². The Labute approximate surface area is 184 Å². The topological polar surface area (TPSA) is 79.2 Å². The van der Waals surface area contributed by atoms with E-state index in [4.69, 9.17) is 9.73 Å². The fraction of sp³-hybridized carbons (Fsp3) is 0.667. The van der Waals surface area contributed by atoms with Crippen molar-refractivity contribution in [3.63, 3.8) is 0 Å². The smallest absolute Gasteiger partial charge is 0.269 e. The fourth-order valence-corrected chi connectivity index (χ4v) is 4.45. The molecule has 1 N–H and O–H groups in total. The molecular formula is C21H35N5O3S. The lowest BCUT2D eigenvalue weighted by atomic mass is 10.2. The van der Waals surface area contributed by atoms with Crippen molar-refractivity contribution >= 4 is 34.4 Å². The Morgan fingerprint density at radius 3 is 2.43 bits per heavy atom. The summed E-state index contributed by atoms with van der Waals surface area (Å²) < 4.78 is 7.35. The van der Waals surface area contributed by atoms with Crippen LogP contribution in [-0.2, 0) is 9.53 Å². The maximum Gasteiger partial charge on any atom is 0.269 e. The van der Waals surface area contributed by atoms with Crippen molar-refractivity contribution in [3.05, 3.63) is 17.5 Å². The van der Waals surface area contributed by atoms with Crippen LogP contribution in [0, 0.1) is 6.92 Å². The third-order valence-corrected chi connectivity index (χ3v) is 5.88. The second kappa shape index (κ2) is 10.9. The number of nitrogens with one attached hydrogen (secondary N) is 1. The maximum absolute atomic E-state index is 13.1. The van der Waals surface area contributed by atoms with Gasteiger partial charge >= 0.3 is 0 Å². The molecule has 1 saturated heterocycles. The number of hydrogen-bond acceptors (Lipinski definition) is 5. The summed E-state index contributed by atoms with van der Waals surface area (Å²) in [5.74, 6) is -0.0206. The number of ether oxygens (including phenoxy) is 1. The molecule has 9 heteroatoms. The van der Waals surface area contributed by atoms with Crippen molar-refractivity contribution in [2.75, 3.05) is 51.1 Å². The highest BCUT2D eigenvalue weighted by Crippen LogP contribution is 2.30. The second-order valence-corrected chi connectivity index (χ2v) is 8.88. The molecule has 0 spiro atoms. The van der Waals surface area contributed by atoms with Crippen molar-refractivity contribution in [1.82, 2.24) is 14.8 Å². The SMILES string of the molecule is CNC(=O)c1c(N(C)C(=O)CSC(=NC(C)C)N2CCOCC2)c(C)cn1C(C)C. The summed E-state index contributed by atoms with van der Waals surface area (Å²) in [6, 6.07) is 0.249. The number of hydrogen-bond donors (Lipinski definition) is 1. The van der Waals surface area contributed by atoms with Crippen LogP contribution in [0.5, 0.6) is 0 Å². The minimum absolute atomic E-state index is 0.0699. The number of rotatable bonds is 6. The van der Waals surface area contributed by atoms with Gasteiger partial charge in [-0.3, -0.25) is 14.6 Å². The number of nitrogens with zero attached hydrogens (tertiary/aromatic N) is 4. The molecule has 0 bridgehead atoms. The number of aromatic nitrogens is 1. The zero-order valence-electron chi connectivity index (χ0n) is 19.2. The molecule has 168 valence electrons. The largest absolute Gasteiger partial charge is 0.378 e. The standard InChI is InChI=1S/C21H35N5O3S/c1-14(2)23-21(25-8-10-29-11-9-25)30-13-17(27)24(7)18-16(5)12-26(15(3)4)19(18)20(28)22-6/h12,14-15H,8-11,13H2,1-7H3,(H,22,28). The molecule has 0 aliphatic carbocycles. The summed E-state index contributed by atoms with van der Waals surface area (Å²) in [5.41, 5.74) is 2.06. The summed E-state index contributed by atoms with van der Waals surface area (Å²) in [6.45, 7) is 12.9. The molecule has 1 aromatic rings. The predicted molar refractivity (Wildman–Crippen MR) is 124 cm³/mol. The monoisotopic (exact) mass is 437 g/mol. The van der Waals surface area contributed by atoms with Gasteiger partial charge in [0, 0.05) is 45.5 Å². The minimum Gasteiger partial charge on any atom is -0.378 e. The molecule has 0 saturated carbocycles. The van der Waals surface area contributed by atoms with Crippen molar-refractivity contribution in [3.8, 4) is 0 Å². The number of carbonyl (C=O) groups is 2. The van der Waals surface area contributed by atoms with Gasteiger partial charge in [-0.05, 0) is 40.2 Å². The third-order valence-electron chi connectivity index (χ3n) is 4.87. The van der Waals surface area contributed by atoms with Gasteiger partial charge in [-0.1, -0.05) is 11.8 Å². The Morgan fingerprint density at radius 2 is 1.90 bits per heavy atom. The summed E-state index contributed by atoms with van der Waals surface area (Å²) >= 11 is 1.45. The number of amidine groups is 1. The van der Waals surface area contributed by atoms with Gasteiger partial charge in [0.1, 0.15) is 5.69 Å². The van der Waals surface area contributed by atoms with Gasteiger partial charge < -0.3 is 24.4 Å². The highest BCUT2D eigenvalue weighted by atomic mass is 32.2. The quantitative estimate of drug-likeness (QED) is 0.547. The second-order valence-electron chi connectivity index (χ2n) is 7.94. The lowest BCUT2D eigenvalue weighted by molar-refractivity contribution is -0.115. The van der Waals surface area contributed by atoms with Crippen LogP contribution >= 0.6 is 11.8 Å². The van der Waals surface area contributed by atoms with E-state index in [1.54, 1.807) is 19.0 Å². The highest BCUT2D eigenvalue weighted by Gasteiger charge is 2.27. The first-order valence-corrected chi connectivity index (χ1v) is 11.4. The van der Waals surface area contributed by atoms with Crippen LogP contribution in [0.4, 0.5) is 5.69 Å². The number of anilines is 1. The minimum atomic E-state index is -0.200. The fourth-order valence-electron chi connectivity index (χ4n) is 3.35. The van der Waals surface area contributed by atoms with Crippen LogP contribution in [0.25, 0.3) is 0 Å². The number of aryl methyl sites for hydroxylation is 1. The Kier molecular flexibility index (Phi) is 8.78.